The lowest BCUT2D eigenvalue weighted by Crippen LogP contribution is -2.38. The zero-order valence-corrected chi connectivity index (χ0v) is 19.3. The lowest BCUT2D eigenvalue weighted by Gasteiger charge is -2.22. The van der Waals surface area contributed by atoms with Crippen LogP contribution in [0.25, 0.3) is 17.5 Å². The van der Waals surface area contributed by atoms with Crippen LogP contribution in [0.3, 0.4) is 0 Å². The van der Waals surface area contributed by atoms with Gasteiger partial charge in [-0.15, -0.1) is 11.3 Å². The summed E-state index contributed by atoms with van der Waals surface area (Å²) in [5.41, 5.74) is 8.07. The quantitative estimate of drug-likeness (QED) is 0.540. The number of rotatable bonds is 2. The van der Waals surface area contributed by atoms with Gasteiger partial charge in [-0.05, 0) is 41.5 Å². The van der Waals surface area contributed by atoms with Gasteiger partial charge in [-0.2, -0.15) is 10.5 Å². The molecule has 1 aliphatic rings. The largest absolute Gasteiger partial charge is 0.384 e. The van der Waals surface area contributed by atoms with Gasteiger partial charge in [0, 0.05) is 8.95 Å². The predicted octanol–water partition coefficient (Wildman–Crippen LogP) is 3.39. The van der Waals surface area contributed by atoms with E-state index < -0.39 is 5.92 Å². The highest BCUT2D eigenvalue weighted by atomic mass is 79.9. The Balaban J connectivity index is 2.04. The molecule has 0 radical (unpaired) electrons. The van der Waals surface area contributed by atoms with Crippen LogP contribution in [-0.2, 0) is 0 Å². The third-order valence-electron chi connectivity index (χ3n) is 4.76. The molecule has 1 atom stereocenters. The summed E-state index contributed by atoms with van der Waals surface area (Å²) in [6.07, 6.45) is 1.76. The molecule has 0 unspecified atom stereocenters. The van der Waals surface area contributed by atoms with E-state index in [0.717, 1.165) is 20.1 Å². The minimum Gasteiger partial charge on any atom is -0.384 e. The molecule has 2 aromatic carbocycles. The van der Waals surface area contributed by atoms with Gasteiger partial charge in [0.1, 0.15) is 10.5 Å². The number of benzene rings is 2. The van der Waals surface area contributed by atoms with Gasteiger partial charge in [0.05, 0.1) is 33.7 Å². The van der Waals surface area contributed by atoms with Gasteiger partial charge in [-0.25, -0.2) is 0 Å². The Morgan fingerprint density at radius 1 is 0.967 bits per heavy atom. The van der Waals surface area contributed by atoms with E-state index in [4.69, 9.17) is 5.73 Å². The molecule has 0 aliphatic carbocycles. The minimum atomic E-state index is -0.619. The van der Waals surface area contributed by atoms with Crippen LogP contribution in [0.1, 0.15) is 17.0 Å². The summed E-state index contributed by atoms with van der Waals surface area (Å²) in [6.45, 7) is 0. The molecule has 2 N–H and O–H groups in total. The number of hydrogen-bond acceptors (Lipinski definition) is 5. The number of thiazole rings is 1. The van der Waals surface area contributed by atoms with E-state index in [1.54, 1.807) is 6.08 Å². The molecule has 2 heterocycles. The fraction of sp³-hybridized carbons (Fsp3) is 0.0455. The van der Waals surface area contributed by atoms with Crippen LogP contribution in [0.15, 0.2) is 67.8 Å². The van der Waals surface area contributed by atoms with E-state index >= 15 is 0 Å². The fourth-order valence-corrected chi connectivity index (χ4v) is 5.01. The summed E-state index contributed by atoms with van der Waals surface area (Å²) >= 11 is 7.99. The number of allylic oxidation sites excluding steroid dienone is 1. The Labute approximate surface area is 192 Å². The molecule has 0 saturated heterocycles. The summed E-state index contributed by atoms with van der Waals surface area (Å²) in [5, 5.41) is 19.8. The molecule has 1 aromatic heterocycles. The number of aromatic nitrogens is 1. The second kappa shape index (κ2) is 8.08. The maximum absolute atomic E-state index is 13.1. The van der Waals surface area contributed by atoms with Gasteiger partial charge < -0.3 is 5.73 Å². The van der Waals surface area contributed by atoms with Gasteiger partial charge in [-0.1, -0.05) is 56.1 Å². The van der Waals surface area contributed by atoms with Crippen LogP contribution in [0.4, 0.5) is 0 Å². The Hall–Kier alpha value is -2.91. The molecule has 5 nitrogen and oxygen atoms in total. The molecule has 0 spiro atoms. The monoisotopic (exact) mass is 538 g/mol. The first-order chi connectivity index (χ1) is 14.4. The van der Waals surface area contributed by atoms with Crippen molar-refractivity contribution in [3.05, 3.63) is 93.7 Å². The van der Waals surface area contributed by atoms with E-state index in [9.17, 15) is 15.3 Å². The maximum atomic E-state index is 13.1. The summed E-state index contributed by atoms with van der Waals surface area (Å²) in [6, 6.07) is 19.2. The highest BCUT2D eigenvalue weighted by Crippen LogP contribution is 2.35. The smallest absolute Gasteiger partial charge is 0.274 e. The van der Waals surface area contributed by atoms with Crippen LogP contribution in [-0.4, -0.2) is 4.57 Å². The van der Waals surface area contributed by atoms with Crippen LogP contribution in [0.5, 0.6) is 0 Å². The van der Waals surface area contributed by atoms with E-state index in [0.29, 0.717) is 14.8 Å². The van der Waals surface area contributed by atoms with Crippen LogP contribution >= 0.6 is 43.2 Å². The molecule has 3 aromatic rings. The van der Waals surface area contributed by atoms with Crippen molar-refractivity contribution in [1.29, 1.82) is 10.5 Å². The Kier molecular flexibility index (Phi) is 5.48. The van der Waals surface area contributed by atoms with Crippen LogP contribution < -0.4 is 20.5 Å². The predicted molar refractivity (Wildman–Crippen MR) is 124 cm³/mol. The SMILES string of the molecule is N#CC1=C(N)n2c(s/c(=C\c3ccc(Br)cc3)c2=O)=C(C#N)[C@H]1c1ccc(Br)cc1. The van der Waals surface area contributed by atoms with Gasteiger partial charge in [-0.3, -0.25) is 9.36 Å². The number of nitrogens with two attached hydrogens (primary N) is 1. The molecule has 1 aliphatic heterocycles. The molecular weight excluding hydrogens is 528 g/mol. The number of nitriles is 2. The zero-order valence-electron chi connectivity index (χ0n) is 15.3. The first-order valence-electron chi connectivity index (χ1n) is 8.73. The van der Waals surface area contributed by atoms with Crippen molar-refractivity contribution in [1.82, 2.24) is 4.57 Å². The van der Waals surface area contributed by atoms with Crippen molar-refractivity contribution in [3.63, 3.8) is 0 Å². The minimum absolute atomic E-state index is 0.0659. The van der Waals surface area contributed by atoms with Gasteiger partial charge >= 0.3 is 0 Å². The third kappa shape index (κ3) is 3.44. The zero-order chi connectivity index (χ0) is 21.4. The highest BCUT2D eigenvalue weighted by Gasteiger charge is 2.32. The first kappa shape index (κ1) is 20.4. The van der Waals surface area contributed by atoms with Crippen LogP contribution in [0.2, 0.25) is 0 Å². The van der Waals surface area contributed by atoms with Crippen molar-refractivity contribution >= 4 is 60.7 Å². The lowest BCUT2D eigenvalue weighted by atomic mass is 9.84. The van der Waals surface area contributed by atoms with E-state index in [2.05, 4.69) is 44.0 Å². The number of fused-ring (bicyclic) bond motifs is 1. The number of halogens is 2. The highest BCUT2D eigenvalue weighted by molar-refractivity contribution is 9.10. The van der Waals surface area contributed by atoms with Crippen molar-refractivity contribution < 1.29 is 0 Å². The van der Waals surface area contributed by atoms with E-state index in [1.165, 1.54) is 15.9 Å². The summed E-state index contributed by atoms with van der Waals surface area (Å²) in [7, 11) is 0. The van der Waals surface area contributed by atoms with Crippen molar-refractivity contribution in [2.75, 3.05) is 0 Å². The summed E-state index contributed by atoms with van der Waals surface area (Å²) in [5.74, 6) is -0.553. The fourth-order valence-electron chi connectivity index (χ4n) is 3.35. The van der Waals surface area contributed by atoms with Gasteiger partial charge in [0.25, 0.3) is 5.56 Å². The lowest BCUT2D eigenvalue weighted by molar-refractivity contribution is 0.906. The average Bonchev–Trinajstić information content (AvgIpc) is 3.06. The standard InChI is InChI=1S/C22H12Br2N4OS/c23-14-5-1-12(2-6-14)9-18-21(29)28-20(27)16(10-25)19(17(11-26)22(28)30-18)13-3-7-15(24)8-4-13/h1-9,19H,27H2/b18-9-/t19-/m0/s1. The van der Waals surface area contributed by atoms with Crippen molar-refractivity contribution in [3.8, 4) is 12.1 Å². The number of hydrogen-bond donors (Lipinski definition) is 1. The van der Waals surface area contributed by atoms with Gasteiger partial charge in [0.2, 0.25) is 0 Å². The molecule has 0 bridgehead atoms. The Bertz CT molecular complexity index is 1450. The molecule has 30 heavy (non-hydrogen) atoms. The Morgan fingerprint density at radius 3 is 2.10 bits per heavy atom. The maximum Gasteiger partial charge on any atom is 0.274 e. The first-order valence-corrected chi connectivity index (χ1v) is 11.1. The van der Waals surface area contributed by atoms with E-state index in [-0.39, 0.29) is 17.0 Å². The second-order valence-corrected chi connectivity index (χ2v) is 9.39. The third-order valence-corrected chi connectivity index (χ3v) is 6.93. The molecule has 146 valence electrons. The number of nitrogens with zero attached hydrogens (tertiary/aromatic N) is 3. The molecule has 0 saturated carbocycles. The Morgan fingerprint density at radius 2 is 1.53 bits per heavy atom. The molecule has 4 rings (SSSR count). The summed E-state index contributed by atoms with van der Waals surface area (Å²) < 4.78 is 3.99. The molecule has 8 heteroatoms. The molecular formula is C22H12Br2N4OS. The second-order valence-electron chi connectivity index (χ2n) is 6.53. The van der Waals surface area contributed by atoms with E-state index in [1.807, 2.05) is 48.5 Å². The normalized spacial score (nSPS) is 16.2. The van der Waals surface area contributed by atoms with Crippen LogP contribution in [0, 0.1) is 22.7 Å². The van der Waals surface area contributed by atoms with Gasteiger partial charge in [0.15, 0.2) is 0 Å². The topological polar surface area (TPSA) is 95.6 Å². The van der Waals surface area contributed by atoms with Crippen molar-refractivity contribution in [2.24, 2.45) is 5.73 Å². The average molecular weight is 540 g/mol. The molecule has 0 fully saturated rings. The summed E-state index contributed by atoms with van der Waals surface area (Å²) in [4.78, 5) is 13.1. The van der Waals surface area contributed by atoms with Crippen molar-refractivity contribution in [2.45, 2.75) is 5.92 Å². The molecule has 0 amide bonds.